The molecule has 0 amide bonds. The zero-order valence-corrected chi connectivity index (χ0v) is 17.1. The van der Waals surface area contributed by atoms with Crippen molar-refractivity contribution in [3.05, 3.63) is 82.9 Å². The van der Waals surface area contributed by atoms with Crippen LogP contribution in [0.3, 0.4) is 0 Å². The van der Waals surface area contributed by atoms with Gasteiger partial charge in [0.1, 0.15) is 0 Å². The Bertz CT molecular complexity index is 1320. The van der Waals surface area contributed by atoms with E-state index in [9.17, 15) is 18.0 Å². The highest BCUT2D eigenvalue weighted by molar-refractivity contribution is 6.30. The maximum atomic E-state index is 13.7. The smallest absolute Gasteiger partial charge is 0.311 e. The van der Waals surface area contributed by atoms with Gasteiger partial charge in [-0.1, -0.05) is 28.9 Å². The number of halogens is 4. The molecular formula is C21H13ClF3N5O2. The van der Waals surface area contributed by atoms with Crippen molar-refractivity contribution in [2.24, 2.45) is 5.16 Å². The topological polar surface area (TPSA) is 81.7 Å². The van der Waals surface area contributed by atoms with Gasteiger partial charge < -0.3 is 4.84 Å². The number of alkyl halides is 3. The van der Waals surface area contributed by atoms with Crippen LogP contribution in [-0.2, 0) is 11.0 Å². The van der Waals surface area contributed by atoms with Gasteiger partial charge in [-0.05, 0) is 37.3 Å². The van der Waals surface area contributed by atoms with Gasteiger partial charge >= 0.3 is 12.1 Å². The SMILES string of the molecule is C/C(=N/OC(=O)c1cc2nc(-c3ccc(Cl)cc3)cc(C(F)(F)F)n2n1)c1ccncc1. The van der Waals surface area contributed by atoms with Crippen LogP contribution in [0.4, 0.5) is 13.2 Å². The molecule has 0 radical (unpaired) electrons. The lowest BCUT2D eigenvalue weighted by Crippen LogP contribution is -2.14. The quantitative estimate of drug-likeness (QED) is 0.242. The molecule has 0 unspecified atom stereocenters. The predicted molar refractivity (Wildman–Crippen MR) is 110 cm³/mol. The average molecular weight is 460 g/mol. The minimum atomic E-state index is -4.74. The van der Waals surface area contributed by atoms with Gasteiger partial charge in [-0.2, -0.15) is 18.3 Å². The van der Waals surface area contributed by atoms with Gasteiger partial charge in [0, 0.05) is 34.6 Å². The Morgan fingerprint density at radius 2 is 1.78 bits per heavy atom. The summed E-state index contributed by atoms with van der Waals surface area (Å²) in [6, 6.07) is 11.5. The number of carbonyl (C=O) groups is 1. The first kappa shape index (κ1) is 21.4. The Balaban J connectivity index is 1.71. The maximum absolute atomic E-state index is 13.7. The molecule has 3 aromatic heterocycles. The van der Waals surface area contributed by atoms with Crippen molar-refractivity contribution in [3.8, 4) is 11.3 Å². The average Bonchev–Trinajstić information content (AvgIpc) is 3.21. The Hall–Kier alpha value is -3.79. The molecule has 0 spiro atoms. The Labute approximate surface area is 184 Å². The molecular weight excluding hydrogens is 447 g/mol. The molecule has 4 rings (SSSR count). The van der Waals surface area contributed by atoms with Crippen molar-refractivity contribution in [2.75, 3.05) is 0 Å². The predicted octanol–water partition coefficient (Wildman–Crippen LogP) is 5.04. The highest BCUT2D eigenvalue weighted by Crippen LogP contribution is 2.32. The van der Waals surface area contributed by atoms with Gasteiger partial charge in [0.2, 0.25) is 0 Å². The van der Waals surface area contributed by atoms with Crippen molar-refractivity contribution in [2.45, 2.75) is 13.1 Å². The maximum Gasteiger partial charge on any atom is 0.433 e. The molecule has 0 atom stereocenters. The molecule has 1 aromatic carbocycles. The third-order valence-electron chi connectivity index (χ3n) is 4.43. The van der Waals surface area contributed by atoms with Crippen LogP contribution in [0.1, 0.15) is 28.7 Å². The number of nitrogens with zero attached hydrogens (tertiary/aromatic N) is 5. The second-order valence-corrected chi connectivity index (χ2v) is 7.06. The van der Waals surface area contributed by atoms with Gasteiger partial charge in [-0.15, -0.1) is 0 Å². The van der Waals surface area contributed by atoms with E-state index in [2.05, 4.69) is 20.2 Å². The summed E-state index contributed by atoms with van der Waals surface area (Å²) < 4.78 is 41.6. The van der Waals surface area contributed by atoms with E-state index in [1.165, 1.54) is 0 Å². The van der Waals surface area contributed by atoms with Crippen LogP contribution >= 0.6 is 11.6 Å². The first-order chi connectivity index (χ1) is 15.2. The third kappa shape index (κ3) is 4.45. The van der Waals surface area contributed by atoms with E-state index in [1.807, 2.05) is 0 Å². The van der Waals surface area contributed by atoms with E-state index >= 15 is 0 Å². The molecule has 32 heavy (non-hydrogen) atoms. The minimum Gasteiger partial charge on any atom is -0.311 e. The zero-order chi connectivity index (χ0) is 22.9. The lowest BCUT2D eigenvalue weighted by Gasteiger charge is -2.11. The van der Waals surface area contributed by atoms with Crippen LogP contribution in [0.15, 0.2) is 66.1 Å². The second-order valence-electron chi connectivity index (χ2n) is 6.62. The summed E-state index contributed by atoms with van der Waals surface area (Å²) in [7, 11) is 0. The molecule has 0 saturated carbocycles. The Morgan fingerprint density at radius 1 is 1.09 bits per heavy atom. The number of benzene rings is 1. The minimum absolute atomic E-state index is 0.0489. The van der Waals surface area contributed by atoms with E-state index in [0.717, 1.165) is 12.1 Å². The van der Waals surface area contributed by atoms with Crippen LogP contribution in [0.25, 0.3) is 16.9 Å². The molecule has 0 fully saturated rings. The zero-order valence-electron chi connectivity index (χ0n) is 16.3. The van der Waals surface area contributed by atoms with Gasteiger partial charge in [0.15, 0.2) is 17.0 Å². The van der Waals surface area contributed by atoms with Crippen molar-refractivity contribution in [1.29, 1.82) is 0 Å². The molecule has 4 aromatic rings. The van der Waals surface area contributed by atoms with Gasteiger partial charge in [-0.25, -0.2) is 14.3 Å². The molecule has 162 valence electrons. The molecule has 11 heteroatoms. The molecule has 0 bridgehead atoms. The summed E-state index contributed by atoms with van der Waals surface area (Å²) in [6.07, 6.45) is -1.66. The van der Waals surface area contributed by atoms with Crippen molar-refractivity contribution in [3.63, 3.8) is 0 Å². The summed E-state index contributed by atoms with van der Waals surface area (Å²) >= 11 is 5.85. The van der Waals surface area contributed by atoms with Crippen LogP contribution in [0, 0.1) is 0 Å². The van der Waals surface area contributed by atoms with E-state index in [0.29, 0.717) is 26.4 Å². The van der Waals surface area contributed by atoms with Crippen LogP contribution in [0.2, 0.25) is 5.02 Å². The number of hydrogen-bond donors (Lipinski definition) is 0. The van der Waals surface area contributed by atoms with E-state index < -0.39 is 17.8 Å². The summed E-state index contributed by atoms with van der Waals surface area (Å²) in [5.74, 6) is -1.02. The fraction of sp³-hybridized carbons (Fsp3) is 0.0952. The highest BCUT2D eigenvalue weighted by atomic mass is 35.5. The largest absolute Gasteiger partial charge is 0.433 e. The number of fused-ring (bicyclic) bond motifs is 1. The summed E-state index contributed by atoms with van der Waals surface area (Å²) in [4.78, 5) is 25.3. The molecule has 3 heterocycles. The molecule has 7 nitrogen and oxygen atoms in total. The number of carbonyl (C=O) groups excluding carboxylic acids is 1. The van der Waals surface area contributed by atoms with Gasteiger partial charge in [-0.3, -0.25) is 4.98 Å². The first-order valence-corrected chi connectivity index (χ1v) is 9.50. The van der Waals surface area contributed by atoms with Crippen molar-refractivity contribution >= 4 is 28.9 Å². The molecule has 0 N–H and O–H groups in total. The second kappa shape index (κ2) is 8.39. The number of pyridine rings is 1. The third-order valence-corrected chi connectivity index (χ3v) is 4.68. The lowest BCUT2D eigenvalue weighted by molar-refractivity contribution is -0.142. The fourth-order valence-electron chi connectivity index (χ4n) is 2.85. The number of aromatic nitrogens is 4. The normalized spacial score (nSPS) is 12.2. The molecule has 0 saturated heterocycles. The molecule has 0 aliphatic rings. The Morgan fingerprint density at radius 3 is 2.44 bits per heavy atom. The van der Waals surface area contributed by atoms with Gasteiger partial charge in [0.05, 0.1) is 11.4 Å². The number of hydrogen-bond acceptors (Lipinski definition) is 6. The van der Waals surface area contributed by atoms with Crippen LogP contribution < -0.4 is 0 Å². The summed E-state index contributed by atoms with van der Waals surface area (Å²) in [5.41, 5.74) is -0.129. The van der Waals surface area contributed by atoms with Crippen molar-refractivity contribution < 1.29 is 22.8 Å². The van der Waals surface area contributed by atoms with E-state index in [-0.39, 0.29) is 17.0 Å². The molecule has 0 aliphatic carbocycles. The van der Waals surface area contributed by atoms with E-state index in [1.54, 1.807) is 55.7 Å². The lowest BCUT2D eigenvalue weighted by atomic mass is 10.1. The molecule has 0 aliphatic heterocycles. The fourth-order valence-corrected chi connectivity index (χ4v) is 2.97. The van der Waals surface area contributed by atoms with Gasteiger partial charge in [0.25, 0.3) is 0 Å². The standard InChI is InChI=1S/C21H13ClF3N5O2/c1-12(13-6-8-26-9-7-13)29-32-20(31)17-11-19-27-16(14-2-4-15(22)5-3-14)10-18(21(23,24)25)30(19)28-17/h2-11H,1H3/b29-12-. The Kier molecular flexibility index (Phi) is 5.62. The number of rotatable bonds is 4. The number of oxime groups is 1. The van der Waals surface area contributed by atoms with Crippen molar-refractivity contribution in [1.82, 2.24) is 19.6 Å². The van der Waals surface area contributed by atoms with Crippen LogP contribution in [-0.4, -0.2) is 31.3 Å². The monoisotopic (exact) mass is 459 g/mol. The van der Waals surface area contributed by atoms with Crippen LogP contribution in [0.5, 0.6) is 0 Å². The summed E-state index contributed by atoms with van der Waals surface area (Å²) in [6.45, 7) is 1.61. The first-order valence-electron chi connectivity index (χ1n) is 9.12. The van der Waals surface area contributed by atoms with E-state index in [4.69, 9.17) is 16.4 Å². The summed E-state index contributed by atoms with van der Waals surface area (Å²) in [5, 5.41) is 7.89. The highest BCUT2D eigenvalue weighted by Gasteiger charge is 2.35.